The van der Waals surface area contributed by atoms with Crippen molar-refractivity contribution in [3.05, 3.63) is 48.0 Å². The summed E-state index contributed by atoms with van der Waals surface area (Å²) in [6.07, 6.45) is 1.62. The number of carbonyl (C=O) groups excluding carboxylic acids is 4. The van der Waals surface area contributed by atoms with Gasteiger partial charge in [0.2, 0.25) is 0 Å². The van der Waals surface area contributed by atoms with Gasteiger partial charge in [-0.25, -0.2) is 14.4 Å². The molecule has 0 saturated heterocycles. The van der Waals surface area contributed by atoms with E-state index in [1.165, 1.54) is 0 Å². The highest BCUT2D eigenvalue weighted by molar-refractivity contribution is 5.93. The SMILES string of the molecule is CCOC(=O)/C=C/C(=O)OCC(=O)OC(=O)Cc1ccccc1. The van der Waals surface area contributed by atoms with Gasteiger partial charge in [0.15, 0.2) is 6.61 Å². The molecule has 0 aromatic heterocycles. The molecule has 23 heavy (non-hydrogen) atoms. The average Bonchev–Trinajstić information content (AvgIpc) is 2.52. The second kappa shape index (κ2) is 9.88. The van der Waals surface area contributed by atoms with Crippen LogP contribution in [0.4, 0.5) is 0 Å². The van der Waals surface area contributed by atoms with Crippen LogP contribution in [-0.4, -0.2) is 37.1 Å². The molecule has 0 aliphatic heterocycles. The molecule has 0 unspecified atom stereocenters. The molecule has 0 bridgehead atoms. The first-order valence-corrected chi connectivity index (χ1v) is 6.80. The number of carbonyl (C=O) groups is 4. The van der Waals surface area contributed by atoms with Crippen molar-refractivity contribution in [2.75, 3.05) is 13.2 Å². The fourth-order valence-corrected chi connectivity index (χ4v) is 1.46. The van der Waals surface area contributed by atoms with E-state index in [-0.39, 0.29) is 13.0 Å². The molecule has 0 N–H and O–H groups in total. The summed E-state index contributed by atoms with van der Waals surface area (Å²) < 4.78 is 13.6. The lowest BCUT2D eigenvalue weighted by Gasteiger charge is -2.03. The van der Waals surface area contributed by atoms with E-state index in [0.29, 0.717) is 5.56 Å². The molecule has 0 aliphatic carbocycles. The maximum atomic E-state index is 11.5. The highest BCUT2D eigenvalue weighted by Crippen LogP contribution is 2.01. The van der Waals surface area contributed by atoms with Crippen LogP contribution in [0.2, 0.25) is 0 Å². The minimum absolute atomic E-state index is 0.0662. The van der Waals surface area contributed by atoms with Crippen LogP contribution >= 0.6 is 0 Å². The van der Waals surface area contributed by atoms with E-state index in [4.69, 9.17) is 0 Å². The van der Waals surface area contributed by atoms with Crippen LogP contribution < -0.4 is 0 Å². The van der Waals surface area contributed by atoms with Crippen molar-refractivity contribution in [3.63, 3.8) is 0 Å². The zero-order valence-electron chi connectivity index (χ0n) is 12.5. The van der Waals surface area contributed by atoms with Gasteiger partial charge < -0.3 is 14.2 Å². The van der Waals surface area contributed by atoms with Gasteiger partial charge >= 0.3 is 23.9 Å². The first-order chi connectivity index (χ1) is 11.0. The maximum Gasteiger partial charge on any atom is 0.351 e. The second-order valence-electron chi connectivity index (χ2n) is 4.20. The summed E-state index contributed by atoms with van der Waals surface area (Å²) in [7, 11) is 0. The lowest BCUT2D eigenvalue weighted by molar-refractivity contribution is -0.165. The van der Waals surface area contributed by atoms with Gasteiger partial charge in [-0.2, -0.15) is 0 Å². The Hall–Kier alpha value is -2.96. The number of rotatable bonds is 7. The Morgan fingerprint density at radius 2 is 1.52 bits per heavy atom. The Bertz CT molecular complexity index is 590. The van der Waals surface area contributed by atoms with E-state index < -0.39 is 30.5 Å². The van der Waals surface area contributed by atoms with Crippen LogP contribution in [0.5, 0.6) is 0 Å². The normalized spacial score (nSPS) is 10.1. The van der Waals surface area contributed by atoms with E-state index >= 15 is 0 Å². The molecule has 1 rings (SSSR count). The first-order valence-electron chi connectivity index (χ1n) is 6.80. The van der Waals surface area contributed by atoms with Crippen molar-refractivity contribution in [1.82, 2.24) is 0 Å². The lowest BCUT2D eigenvalue weighted by Crippen LogP contribution is -2.20. The van der Waals surface area contributed by atoms with Gasteiger partial charge in [0.05, 0.1) is 13.0 Å². The Morgan fingerprint density at radius 3 is 2.13 bits per heavy atom. The molecule has 0 aliphatic rings. The summed E-state index contributed by atoms with van der Waals surface area (Å²) >= 11 is 0. The predicted molar refractivity (Wildman–Crippen MR) is 78.0 cm³/mol. The van der Waals surface area contributed by atoms with Gasteiger partial charge in [-0.15, -0.1) is 0 Å². The summed E-state index contributed by atoms with van der Waals surface area (Å²) in [5.74, 6) is -3.38. The molecule has 0 amide bonds. The average molecular weight is 320 g/mol. The molecule has 7 nitrogen and oxygen atoms in total. The van der Waals surface area contributed by atoms with Crippen LogP contribution in [0.3, 0.4) is 0 Å². The van der Waals surface area contributed by atoms with Crippen LogP contribution in [0.15, 0.2) is 42.5 Å². The topological polar surface area (TPSA) is 96.0 Å². The molecule has 0 radical (unpaired) electrons. The van der Waals surface area contributed by atoms with E-state index in [2.05, 4.69) is 14.2 Å². The van der Waals surface area contributed by atoms with Gasteiger partial charge in [0.25, 0.3) is 0 Å². The zero-order chi connectivity index (χ0) is 17.1. The quantitative estimate of drug-likeness (QED) is 0.319. The Morgan fingerprint density at radius 1 is 0.913 bits per heavy atom. The number of ether oxygens (including phenoxy) is 3. The fraction of sp³-hybridized carbons (Fsp3) is 0.250. The number of esters is 4. The maximum absolute atomic E-state index is 11.5. The largest absolute Gasteiger partial charge is 0.463 e. The van der Waals surface area contributed by atoms with E-state index in [1.807, 2.05) is 0 Å². The highest BCUT2D eigenvalue weighted by Gasteiger charge is 2.13. The van der Waals surface area contributed by atoms with Gasteiger partial charge in [0, 0.05) is 12.2 Å². The van der Waals surface area contributed by atoms with Crippen molar-refractivity contribution < 1.29 is 33.4 Å². The minimum Gasteiger partial charge on any atom is -0.463 e. The summed E-state index contributed by atoms with van der Waals surface area (Å²) in [6, 6.07) is 8.73. The van der Waals surface area contributed by atoms with Crippen molar-refractivity contribution >= 4 is 23.9 Å². The molecule has 7 heteroatoms. The Balaban J connectivity index is 2.29. The molecular weight excluding hydrogens is 304 g/mol. The predicted octanol–water partition coefficient (Wildman–Crippen LogP) is 0.961. The van der Waals surface area contributed by atoms with Crippen molar-refractivity contribution in [2.24, 2.45) is 0 Å². The smallest absolute Gasteiger partial charge is 0.351 e. The third kappa shape index (κ3) is 8.15. The second-order valence-corrected chi connectivity index (χ2v) is 4.20. The molecule has 1 aromatic carbocycles. The Labute approximate surface area is 132 Å². The zero-order valence-corrected chi connectivity index (χ0v) is 12.5. The number of hydrogen-bond donors (Lipinski definition) is 0. The van der Waals surface area contributed by atoms with Crippen molar-refractivity contribution in [3.8, 4) is 0 Å². The third-order valence-electron chi connectivity index (χ3n) is 2.39. The molecule has 1 aromatic rings. The van der Waals surface area contributed by atoms with Gasteiger partial charge in [-0.1, -0.05) is 30.3 Å². The summed E-state index contributed by atoms with van der Waals surface area (Å²) in [4.78, 5) is 45.0. The number of benzene rings is 1. The first kappa shape index (κ1) is 18.1. The Kier molecular flexibility index (Phi) is 7.77. The third-order valence-corrected chi connectivity index (χ3v) is 2.39. The van der Waals surface area contributed by atoms with Gasteiger partial charge in [0.1, 0.15) is 0 Å². The fourth-order valence-electron chi connectivity index (χ4n) is 1.46. The minimum atomic E-state index is -0.996. The van der Waals surface area contributed by atoms with E-state index in [0.717, 1.165) is 12.2 Å². The standard InChI is InChI=1S/C16H16O7/c1-2-21-13(17)8-9-14(18)22-11-16(20)23-15(19)10-12-6-4-3-5-7-12/h3-9H,2,10-11H2,1H3/b9-8+. The molecule has 0 saturated carbocycles. The molecule has 0 spiro atoms. The molecule has 0 fully saturated rings. The summed E-state index contributed by atoms with van der Waals surface area (Å²) in [6.45, 7) is 1.06. The summed E-state index contributed by atoms with van der Waals surface area (Å²) in [5.41, 5.74) is 0.694. The van der Waals surface area contributed by atoms with Crippen molar-refractivity contribution in [2.45, 2.75) is 13.3 Å². The monoisotopic (exact) mass is 320 g/mol. The van der Waals surface area contributed by atoms with Gasteiger partial charge in [-0.05, 0) is 12.5 Å². The van der Waals surface area contributed by atoms with Crippen molar-refractivity contribution in [1.29, 1.82) is 0 Å². The van der Waals surface area contributed by atoms with Crippen LogP contribution in [0, 0.1) is 0 Å². The molecule has 122 valence electrons. The van der Waals surface area contributed by atoms with Crippen LogP contribution in [0.1, 0.15) is 12.5 Å². The van der Waals surface area contributed by atoms with Crippen LogP contribution in [-0.2, 0) is 39.8 Å². The summed E-state index contributed by atoms with van der Waals surface area (Å²) in [5, 5.41) is 0. The van der Waals surface area contributed by atoms with Crippen LogP contribution in [0.25, 0.3) is 0 Å². The number of hydrogen-bond acceptors (Lipinski definition) is 7. The molecule has 0 heterocycles. The van der Waals surface area contributed by atoms with E-state index in [1.54, 1.807) is 37.3 Å². The van der Waals surface area contributed by atoms with E-state index in [9.17, 15) is 19.2 Å². The molecule has 0 atom stereocenters. The van der Waals surface area contributed by atoms with Gasteiger partial charge in [-0.3, -0.25) is 4.79 Å². The lowest BCUT2D eigenvalue weighted by atomic mass is 10.2. The molecular formula is C16H16O7. The highest BCUT2D eigenvalue weighted by atomic mass is 16.6.